The van der Waals surface area contributed by atoms with Crippen molar-refractivity contribution >= 4 is 23.0 Å². The second kappa shape index (κ2) is 7.92. The summed E-state index contributed by atoms with van der Waals surface area (Å²) >= 11 is 0. The number of nitrogens with zero attached hydrogens (tertiary/aromatic N) is 3. The van der Waals surface area contributed by atoms with Crippen molar-refractivity contribution in [3.63, 3.8) is 0 Å². The van der Waals surface area contributed by atoms with Crippen LogP contribution in [0, 0.1) is 12.8 Å². The zero-order valence-electron chi connectivity index (χ0n) is 16.2. The van der Waals surface area contributed by atoms with Gasteiger partial charge in [0.25, 0.3) is 6.01 Å². The summed E-state index contributed by atoms with van der Waals surface area (Å²) in [7, 11) is 1.63. The van der Waals surface area contributed by atoms with Crippen molar-refractivity contribution in [3.8, 4) is 5.75 Å². The first kappa shape index (κ1) is 18.3. The molecule has 8 nitrogen and oxygen atoms in total. The van der Waals surface area contributed by atoms with E-state index in [-0.39, 0.29) is 11.8 Å². The van der Waals surface area contributed by atoms with Gasteiger partial charge in [0.05, 0.1) is 19.3 Å². The Morgan fingerprint density at radius 2 is 2.32 bits per heavy atom. The zero-order chi connectivity index (χ0) is 19.5. The van der Waals surface area contributed by atoms with Gasteiger partial charge in [-0.15, -0.1) is 0 Å². The second-order valence-electron chi connectivity index (χ2n) is 7.31. The Balaban J connectivity index is 1.35. The molecule has 3 aromatic rings. The molecule has 2 N–H and O–H groups in total. The first-order chi connectivity index (χ1) is 13.6. The summed E-state index contributed by atoms with van der Waals surface area (Å²) in [4.78, 5) is 19.1. The number of hydrogen-bond donors (Lipinski definition) is 2. The minimum atomic E-state index is 0.0507. The number of aryl methyl sites for hydroxylation is 1. The molecule has 1 aliphatic heterocycles. The number of rotatable bonds is 6. The van der Waals surface area contributed by atoms with Crippen molar-refractivity contribution in [1.82, 2.24) is 20.5 Å². The van der Waals surface area contributed by atoms with Crippen molar-refractivity contribution in [1.29, 1.82) is 0 Å². The minimum Gasteiger partial charge on any atom is -0.497 e. The summed E-state index contributed by atoms with van der Waals surface area (Å²) in [5.41, 5.74) is 3.36. The van der Waals surface area contributed by atoms with E-state index < -0.39 is 0 Å². The number of nitrogens with one attached hydrogen (secondary N) is 2. The molecule has 1 aromatic carbocycles. The Labute approximate surface area is 163 Å². The zero-order valence-corrected chi connectivity index (χ0v) is 16.2. The van der Waals surface area contributed by atoms with Crippen LogP contribution in [0.1, 0.15) is 30.7 Å². The van der Waals surface area contributed by atoms with Crippen molar-refractivity contribution < 1.29 is 13.9 Å². The molecule has 1 amide bonds. The van der Waals surface area contributed by atoms with Crippen LogP contribution in [0.5, 0.6) is 5.75 Å². The molecule has 0 saturated carbocycles. The molecule has 1 unspecified atom stereocenters. The van der Waals surface area contributed by atoms with Crippen LogP contribution in [0.4, 0.5) is 6.01 Å². The molecule has 0 radical (unpaired) electrons. The van der Waals surface area contributed by atoms with E-state index >= 15 is 0 Å². The third kappa shape index (κ3) is 4.11. The Morgan fingerprint density at radius 3 is 3.11 bits per heavy atom. The standard InChI is InChI=1S/C20H25N5O3/c1-13-8-15(24-23-13)11-21-19(26)9-14-4-3-7-25(12-14)20-22-17-10-16(27-2)5-6-18(17)28-20/h5-6,8,10,14H,3-4,7,9,11-12H2,1-2H3,(H,21,26)(H,23,24). The third-order valence-electron chi connectivity index (χ3n) is 5.07. The molecule has 8 heteroatoms. The summed E-state index contributed by atoms with van der Waals surface area (Å²) in [6.07, 6.45) is 2.53. The van der Waals surface area contributed by atoms with E-state index in [2.05, 4.69) is 25.4 Å². The van der Waals surface area contributed by atoms with E-state index in [0.717, 1.165) is 54.2 Å². The van der Waals surface area contributed by atoms with Crippen LogP contribution in [0.3, 0.4) is 0 Å². The first-order valence-corrected chi connectivity index (χ1v) is 9.58. The monoisotopic (exact) mass is 383 g/mol. The Hall–Kier alpha value is -3.03. The molecular formula is C20H25N5O3. The van der Waals surface area contributed by atoms with Gasteiger partial charge in [0, 0.05) is 31.3 Å². The van der Waals surface area contributed by atoms with Crippen LogP contribution >= 0.6 is 0 Å². The predicted molar refractivity (Wildman–Crippen MR) is 105 cm³/mol. The first-order valence-electron chi connectivity index (χ1n) is 9.58. The number of fused-ring (bicyclic) bond motifs is 1. The molecule has 1 fully saturated rings. The van der Waals surface area contributed by atoms with E-state index in [1.54, 1.807) is 7.11 Å². The molecular weight excluding hydrogens is 358 g/mol. The van der Waals surface area contributed by atoms with Gasteiger partial charge in [-0.3, -0.25) is 9.89 Å². The summed E-state index contributed by atoms with van der Waals surface area (Å²) in [6, 6.07) is 8.15. The van der Waals surface area contributed by atoms with Gasteiger partial charge in [-0.2, -0.15) is 10.1 Å². The van der Waals surface area contributed by atoms with Crippen LogP contribution in [0.2, 0.25) is 0 Å². The number of carbonyl (C=O) groups is 1. The maximum atomic E-state index is 12.3. The highest BCUT2D eigenvalue weighted by molar-refractivity contribution is 5.77. The van der Waals surface area contributed by atoms with Crippen molar-refractivity contribution in [2.24, 2.45) is 5.92 Å². The lowest BCUT2D eigenvalue weighted by atomic mass is 9.94. The molecule has 0 bridgehead atoms. The van der Waals surface area contributed by atoms with Crippen LogP contribution in [-0.2, 0) is 11.3 Å². The van der Waals surface area contributed by atoms with E-state index in [1.165, 1.54) is 0 Å². The summed E-state index contributed by atoms with van der Waals surface area (Å²) in [5, 5.41) is 9.98. The largest absolute Gasteiger partial charge is 0.497 e. The molecule has 3 heterocycles. The molecule has 0 spiro atoms. The predicted octanol–water partition coefficient (Wildman–Crippen LogP) is 2.79. The average molecular weight is 383 g/mol. The Morgan fingerprint density at radius 1 is 1.43 bits per heavy atom. The molecule has 1 saturated heterocycles. The van der Waals surface area contributed by atoms with Crippen LogP contribution in [0.15, 0.2) is 28.7 Å². The summed E-state index contributed by atoms with van der Waals surface area (Å²) < 4.78 is 11.2. The van der Waals surface area contributed by atoms with Gasteiger partial charge in [-0.1, -0.05) is 0 Å². The van der Waals surface area contributed by atoms with Crippen molar-refractivity contribution in [3.05, 3.63) is 35.7 Å². The molecule has 148 valence electrons. The van der Waals surface area contributed by atoms with Crippen LogP contribution in [-0.4, -0.2) is 41.3 Å². The smallest absolute Gasteiger partial charge is 0.298 e. The lowest BCUT2D eigenvalue weighted by Crippen LogP contribution is -2.38. The number of amides is 1. The van der Waals surface area contributed by atoms with E-state index in [0.29, 0.717) is 19.0 Å². The number of aromatic nitrogens is 3. The highest BCUT2D eigenvalue weighted by Gasteiger charge is 2.25. The van der Waals surface area contributed by atoms with E-state index in [1.807, 2.05) is 31.2 Å². The fourth-order valence-corrected chi connectivity index (χ4v) is 3.65. The van der Waals surface area contributed by atoms with E-state index in [4.69, 9.17) is 9.15 Å². The average Bonchev–Trinajstić information content (AvgIpc) is 3.32. The number of ether oxygens (including phenoxy) is 1. The SMILES string of the molecule is COc1ccc2oc(N3CCCC(CC(=O)NCc4cc(C)[nH]n4)C3)nc2c1. The normalized spacial score (nSPS) is 17.1. The molecule has 0 aliphatic carbocycles. The molecule has 2 aromatic heterocycles. The molecule has 1 aliphatic rings. The fraction of sp³-hybridized carbons (Fsp3) is 0.450. The number of piperidine rings is 1. The number of carbonyl (C=O) groups excluding carboxylic acids is 1. The molecule has 28 heavy (non-hydrogen) atoms. The van der Waals surface area contributed by atoms with Crippen molar-refractivity contribution in [2.45, 2.75) is 32.7 Å². The summed E-state index contributed by atoms with van der Waals surface area (Å²) in [6.45, 7) is 4.04. The quantitative estimate of drug-likeness (QED) is 0.679. The van der Waals surface area contributed by atoms with Gasteiger partial charge < -0.3 is 19.4 Å². The fourth-order valence-electron chi connectivity index (χ4n) is 3.65. The van der Waals surface area contributed by atoms with Gasteiger partial charge >= 0.3 is 0 Å². The number of methoxy groups -OCH3 is 1. The highest BCUT2D eigenvalue weighted by atomic mass is 16.5. The number of anilines is 1. The number of aromatic amines is 1. The number of benzene rings is 1. The summed E-state index contributed by atoms with van der Waals surface area (Å²) in [5.74, 6) is 1.08. The lowest BCUT2D eigenvalue weighted by Gasteiger charge is -2.31. The maximum Gasteiger partial charge on any atom is 0.298 e. The lowest BCUT2D eigenvalue weighted by molar-refractivity contribution is -0.122. The Bertz CT molecular complexity index is 964. The van der Waals surface area contributed by atoms with Gasteiger partial charge in [0.1, 0.15) is 11.3 Å². The Kier molecular flexibility index (Phi) is 5.18. The topological polar surface area (TPSA) is 96.3 Å². The van der Waals surface area contributed by atoms with Gasteiger partial charge in [0.2, 0.25) is 5.91 Å². The van der Waals surface area contributed by atoms with E-state index in [9.17, 15) is 4.79 Å². The second-order valence-corrected chi connectivity index (χ2v) is 7.31. The molecule has 4 rings (SSSR count). The highest BCUT2D eigenvalue weighted by Crippen LogP contribution is 2.29. The van der Waals surface area contributed by atoms with Crippen LogP contribution < -0.4 is 15.0 Å². The minimum absolute atomic E-state index is 0.0507. The van der Waals surface area contributed by atoms with Crippen LogP contribution in [0.25, 0.3) is 11.1 Å². The van der Waals surface area contributed by atoms with Gasteiger partial charge in [-0.05, 0) is 43.9 Å². The number of oxazole rings is 1. The number of hydrogen-bond acceptors (Lipinski definition) is 6. The van der Waals surface area contributed by atoms with Gasteiger partial charge in [-0.25, -0.2) is 0 Å². The van der Waals surface area contributed by atoms with Crippen molar-refractivity contribution in [2.75, 3.05) is 25.1 Å². The third-order valence-corrected chi connectivity index (χ3v) is 5.07. The molecule has 1 atom stereocenters. The number of H-pyrrole nitrogens is 1. The maximum absolute atomic E-state index is 12.3. The van der Waals surface area contributed by atoms with Gasteiger partial charge in [0.15, 0.2) is 5.58 Å².